The molecule has 1 atom stereocenters. The third kappa shape index (κ3) is 4.32. The molecule has 182 valence electrons. The highest BCUT2D eigenvalue weighted by molar-refractivity contribution is 7.98. The first-order valence-electron chi connectivity index (χ1n) is 11.0. The lowest BCUT2D eigenvalue weighted by Gasteiger charge is -2.23. The van der Waals surface area contributed by atoms with Crippen molar-refractivity contribution in [1.29, 1.82) is 0 Å². The van der Waals surface area contributed by atoms with E-state index in [0.717, 1.165) is 39.4 Å². The highest BCUT2D eigenvalue weighted by atomic mass is 32.2. The Labute approximate surface area is 208 Å². The number of methoxy groups -OCH3 is 1. The summed E-state index contributed by atoms with van der Waals surface area (Å²) in [5.74, 6) is 1.56. The molecule has 35 heavy (non-hydrogen) atoms. The number of nitrogens with zero attached hydrogens (tertiary/aromatic N) is 5. The molecule has 0 bridgehead atoms. The Morgan fingerprint density at radius 1 is 1.23 bits per heavy atom. The molecule has 5 rings (SSSR count). The summed E-state index contributed by atoms with van der Waals surface area (Å²) in [6, 6.07) is 7.85. The summed E-state index contributed by atoms with van der Waals surface area (Å²) < 4.78 is 38.8. The fourth-order valence-electron chi connectivity index (χ4n) is 4.45. The van der Waals surface area contributed by atoms with Crippen molar-refractivity contribution in [2.45, 2.75) is 37.8 Å². The van der Waals surface area contributed by atoms with Gasteiger partial charge in [0.25, 0.3) is 0 Å². The van der Waals surface area contributed by atoms with E-state index in [1.54, 1.807) is 48.8 Å². The third-order valence-corrected chi connectivity index (χ3v) is 8.39. The lowest BCUT2D eigenvalue weighted by molar-refractivity contribution is 0.288. The van der Waals surface area contributed by atoms with Crippen LogP contribution in [-0.4, -0.2) is 54.7 Å². The predicted octanol–water partition coefficient (Wildman–Crippen LogP) is 2.30. The molecule has 3 heterocycles. The second-order valence-electron chi connectivity index (χ2n) is 8.41. The molecule has 3 aliphatic rings. The Bertz CT molecular complexity index is 1420. The third-order valence-electron chi connectivity index (χ3n) is 6.13. The van der Waals surface area contributed by atoms with Crippen LogP contribution in [0, 0.1) is 13.8 Å². The summed E-state index contributed by atoms with van der Waals surface area (Å²) in [7, 11) is -2.09. The van der Waals surface area contributed by atoms with Gasteiger partial charge in [0.05, 0.1) is 29.5 Å². The maximum atomic E-state index is 13.0. The number of hydrogen-bond donors (Lipinski definition) is 2. The van der Waals surface area contributed by atoms with E-state index in [2.05, 4.69) is 19.2 Å². The second kappa shape index (κ2) is 9.10. The van der Waals surface area contributed by atoms with Crippen LogP contribution in [0.25, 0.3) is 0 Å². The molecule has 2 aliphatic heterocycles. The molecule has 0 saturated heterocycles. The Hall–Kier alpha value is -3.22. The maximum Gasteiger partial charge on any atom is 0.241 e. The van der Waals surface area contributed by atoms with Crippen molar-refractivity contribution in [2.75, 3.05) is 12.9 Å². The van der Waals surface area contributed by atoms with Crippen LogP contribution in [0.1, 0.15) is 23.2 Å². The predicted molar refractivity (Wildman–Crippen MR) is 137 cm³/mol. The van der Waals surface area contributed by atoms with E-state index in [1.165, 1.54) is 11.9 Å². The molecule has 3 N–H and O–H groups in total. The van der Waals surface area contributed by atoms with Gasteiger partial charge in [0, 0.05) is 35.1 Å². The fraction of sp³-hybridized carbons (Fsp3) is 0.304. The minimum Gasteiger partial charge on any atom is -0.496 e. The van der Waals surface area contributed by atoms with Crippen LogP contribution in [0.3, 0.4) is 0 Å². The molecule has 10 nitrogen and oxygen atoms in total. The van der Waals surface area contributed by atoms with E-state index in [1.807, 2.05) is 13.8 Å². The van der Waals surface area contributed by atoms with Crippen molar-refractivity contribution in [2.24, 2.45) is 20.3 Å². The van der Waals surface area contributed by atoms with Crippen LogP contribution < -0.4 is 15.2 Å². The summed E-state index contributed by atoms with van der Waals surface area (Å²) in [6.07, 6.45) is 2.15. The van der Waals surface area contributed by atoms with E-state index in [9.17, 15) is 8.42 Å². The highest BCUT2D eigenvalue weighted by Crippen LogP contribution is 2.35. The first-order valence-corrected chi connectivity index (χ1v) is 13.4. The molecule has 2 aromatic rings. The van der Waals surface area contributed by atoms with Crippen LogP contribution in [0.15, 0.2) is 67.2 Å². The Morgan fingerprint density at radius 2 is 2.00 bits per heavy atom. The number of nitrogens with two attached hydrogens (primary N) is 1. The summed E-state index contributed by atoms with van der Waals surface area (Å²) >= 11 is 1.28. The number of hydrazone groups is 2. The zero-order chi connectivity index (χ0) is 24.7. The summed E-state index contributed by atoms with van der Waals surface area (Å²) in [5.41, 5.74) is 11.8. The van der Waals surface area contributed by atoms with Gasteiger partial charge in [0.15, 0.2) is 5.84 Å². The van der Waals surface area contributed by atoms with Gasteiger partial charge >= 0.3 is 0 Å². The molecule has 0 spiro atoms. The Kier molecular flexibility index (Phi) is 6.11. The number of benzene rings is 1. The van der Waals surface area contributed by atoms with Gasteiger partial charge in [-0.1, -0.05) is 18.2 Å². The average molecular weight is 512 g/mol. The van der Waals surface area contributed by atoms with Gasteiger partial charge in [-0.2, -0.15) is 19.7 Å². The zero-order valence-electron chi connectivity index (χ0n) is 19.5. The van der Waals surface area contributed by atoms with E-state index in [4.69, 9.17) is 15.6 Å². The first kappa shape index (κ1) is 23.5. The van der Waals surface area contributed by atoms with Gasteiger partial charge in [0.1, 0.15) is 18.0 Å². The van der Waals surface area contributed by atoms with Crippen LogP contribution in [0.5, 0.6) is 5.75 Å². The number of pyridine rings is 1. The molecule has 0 saturated carbocycles. The van der Waals surface area contributed by atoms with Crippen LogP contribution in [-0.2, 0) is 16.6 Å². The Balaban J connectivity index is 1.49. The lowest BCUT2D eigenvalue weighted by atomic mass is 10.0. The number of sulfonamides is 1. The van der Waals surface area contributed by atoms with Gasteiger partial charge in [-0.05, 0) is 43.5 Å². The van der Waals surface area contributed by atoms with Gasteiger partial charge in [-0.3, -0.25) is 4.98 Å². The van der Waals surface area contributed by atoms with Crippen LogP contribution in [0.4, 0.5) is 0 Å². The van der Waals surface area contributed by atoms with E-state index >= 15 is 0 Å². The number of hydrogen-bond acceptors (Lipinski definition) is 10. The fourth-order valence-corrected chi connectivity index (χ4v) is 6.48. The minimum atomic E-state index is -3.72. The SMILES string of the molecule is COc1c(C)cnc(CN2N=C3CC(NS(=O)(=O)c4ccccc4)C4=C3C(=N2)C(N)=NSC4)c1C. The lowest BCUT2D eigenvalue weighted by Crippen LogP contribution is -2.35. The van der Waals surface area contributed by atoms with Crippen molar-refractivity contribution in [1.82, 2.24) is 14.8 Å². The molecule has 0 amide bonds. The monoisotopic (exact) mass is 511 g/mol. The zero-order valence-corrected chi connectivity index (χ0v) is 21.2. The molecular weight excluding hydrogens is 486 g/mol. The van der Waals surface area contributed by atoms with Gasteiger partial charge in [-0.15, -0.1) is 0 Å². The first-order chi connectivity index (χ1) is 16.8. The number of rotatable bonds is 6. The van der Waals surface area contributed by atoms with E-state index in [0.29, 0.717) is 24.4 Å². The molecule has 1 aliphatic carbocycles. The smallest absolute Gasteiger partial charge is 0.241 e. The van der Waals surface area contributed by atoms with Gasteiger partial charge in [-0.25, -0.2) is 13.1 Å². The van der Waals surface area contributed by atoms with Crippen LogP contribution in [0.2, 0.25) is 0 Å². The number of aromatic nitrogens is 1. The van der Waals surface area contributed by atoms with Crippen molar-refractivity contribution in [3.8, 4) is 5.75 Å². The number of nitrogens with one attached hydrogen (secondary N) is 1. The van der Waals surface area contributed by atoms with E-state index < -0.39 is 16.1 Å². The van der Waals surface area contributed by atoms with Gasteiger partial charge < -0.3 is 10.5 Å². The molecule has 0 fully saturated rings. The number of aryl methyl sites for hydroxylation is 1. The molecule has 12 heteroatoms. The number of amidine groups is 1. The van der Waals surface area contributed by atoms with Crippen molar-refractivity contribution in [3.05, 3.63) is 64.5 Å². The maximum absolute atomic E-state index is 13.0. The Morgan fingerprint density at radius 3 is 2.74 bits per heavy atom. The minimum absolute atomic E-state index is 0.213. The topological polar surface area (TPSA) is 135 Å². The summed E-state index contributed by atoms with van der Waals surface area (Å²) in [4.78, 5) is 4.76. The van der Waals surface area contributed by atoms with Crippen molar-refractivity contribution >= 4 is 39.2 Å². The highest BCUT2D eigenvalue weighted by Gasteiger charge is 2.40. The molecule has 0 radical (unpaired) electrons. The van der Waals surface area contributed by atoms with E-state index in [-0.39, 0.29) is 10.7 Å². The van der Waals surface area contributed by atoms with Crippen molar-refractivity contribution < 1.29 is 13.2 Å². The molecule has 1 aromatic carbocycles. The molecular formula is C23H25N7O3S2. The number of ether oxygens (including phenoxy) is 1. The molecule has 1 unspecified atom stereocenters. The average Bonchev–Trinajstić information content (AvgIpc) is 3.07. The second-order valence-corrected chi connectivity index (χ2v) is 10.9. The normalized spacial score (nSPS) is 19.6. The van der Waals surface area contributed by atoms with Gasteiger partial charge in [0.2, 0.25) is 10.0 Å². The quantitative estimate of drug-likeness (QED) is 0.568. The largest absolute Gasteiger partial charge is 0.496 e. The summed E-state index contributed by atoms with van der Waals surface area (Å²) in [5, 5.41) is 10.9. The van der Waals surface area contributed by atoms with Crippen LogP contribution >= 0.6 is 11.9 Å². The van der Waals surface area contributed by atoms with Crippen molar-refractivity contribution in [3.63, 3.8) is 0 Å². The standard InChI is InChI=1S/C23H25N7O3S2/c1-13-10-25-19(14(2)22(13)33-3)11-30-26-18-9-17(29-35(31,32)15-7-5-4-6-8-15)16-12-34-28-23(24)21(27-30)20(16)18/h4-8,10,17,29H,9,11-12H2,1-3H3,(H2,24,28). The molecule has 1 aromatic heterocycles. The summed E-state index contributed by atoms with van der Waals surface area (Å²) in [6.45, 7) is 4.20.